The molecule has 2 amide bonds. The maximum atomic E-state index is 12.7. The molecule has 0 saturated carbocycles. The van der Waals surface area contributed by atoms with E-state index in [-0.39, 0.29) is 11.6 Å². The van der Waals surface area contributed by atoms with Gasteiger partial charge in [-0.2, -0.15) is 0 Å². The lowest BCUT2D eigenvalue weighted by molar-refractivity contribution is -0.128. The Kier molecular flexibility index (Phi) is 6.46. The molecule has 0 fully saturated rings. The molecule has 0 saturated heterocycles. The highest BCUT2D eigenvalue weighted by molar-refractivity contribution is 6.34. The number of nitrogens with one attached hydrogen (secondary N) is 2. The van der Waals surface area contributed by atoms with Crippen LogP contribution in [0.15, 0.2) is 54.2 Å². The highest BCUT2D eigenvalue weighted by atomic mass is 35.5. The zero-order valence-electron chi connectivity index (χ0n) is 14.8. The summed E-state index contributed by atoms with van der Waals surface area (Å²) in [5.41, 5.74) is 0.662. The molecular formula is C20H20Cl2N2O2. The van der Waals surface area contributed by atoms with Gasteiger partial charge in [0.25, 0.3) is 5.91 Å². The number of hydrogen-bond acceptors (Lipinski definition) is 2. The van der Waals surface area contributed by atoms with Crippen molar-refractivity contribution in [1.82, 2.24) is 5.32 Å². The van der Waals surface area contributed by atoms with Gasteiger partial charge in [0.15, 0.2) is 0 Å². The largest absolute Gasteiger partial charge is 0.321 e. The Morgan fingerprint density at radius 3 is 2.15 bits per heavy atom. The van der Waals surface area contributed by atoms with Crippen molar-refractivity contribution < 1.29 is 9.59 Å². The maximum absolute atomic E-state index is 12.7. The zero-order valence-corrected chi connectivity index (χ0v) is 16.3. The molecule has 136 valence electrons. The Labute approximate surface area is 163 Å². The summed E-state index contributed by atoms with van der Waals surface area (Å²) in [5, 5.41) is 6.41. The summed E-state index contributed by atoms with van der Waals surface area (Å²) < 4.78 is 0. The van der Waals surface area contributed by atoms with Crippen LogP contribution in [0.1, 0.15) is 26.3 Å². The predicted octanol–water partition coefficient (Wildman–Crippen LogP) is 5.14. The molecule has 26 heavy (non-hydrogen) atoms. The lowest BCUT2D eigenvalue weighted by atomic mass is 9.95. The summed E-state index contributed by atoms with van der Waals surface area (Å²) >= 11 is 12.0. The fourth-order valence-corrected chi connectivity index (χ4v) is 2.26. The van der Waals surface area contributed by atoms with E-state index >= 15 is 0 Å². The highest BCUT2D eigenvalue weighted by Gasteiger charge is 2.24. The van der Waals surface area contributed by atoms with Crippen molar-refractivity contribution in [2.24, 2.45) is 5.41 Å². The van der Waals surface area contributed by atoms with Gasteiger partial charge in [-0.3, -0.25) is 9.59 Å². The van der Waals surface area contributed by atoms with Gasteiger partial charge in [-0.05, 0) is 35.9 Å². The monoisotopic (exact) mass is 390 g/mol. The molecule has 0 bridgehead atoms. The zero-order chi connectivity index (χ0) is 19.3. The summed E-state index contributed by atoms with van der Waals surface area (Å²) in [6, 6.07) is 13.8. The molecule has 2 N–H and O–H groups in total. The molecule has 4 nitrogen and oxygen atoms in total. The fourth-order valence-electron chi connectivity index (χ4n) is 1.95. The van der Waals surface area contributed by atoms with E-state index in [1.54, 1.807) is 75.4 Å². The molecule has 0 radical (unpaired) electrons. The van der Waals surface area contributed by atoms with E-state index < -0.39 is 11.3 Å². The van der Waals surface area contributed by atoms with E-state index in [0.29, 0.717) is 15.7 Å². The van der Waals surface area contributed by atoms with Crippen molar-refractivity contribution in [2.75, 3.05) is 5.32 Å². The van der Waals surface area contributed by atoms with E-state index in [0.717, 1.165) is 5.56 Å². The number of carbonyl (C=O) groups excluding carboxylic acids is 2. The summed E-state index contributed by atoms with van der Waals surface area (Å²) in [4.78, 5) is 25.1. The second-order valence-corrected chi connectivity index (χ2v) is 7.59. The third-order valence-corrected chi connectivity index (χ3v) is 4.06. The minimum atomic E-state index is -0.649. The maximum Gasteiger partial charge on any atom is 0.272 e. The van der Waals surface area contributed by atoms with Crippen molar-refractivity contribution >= 4 is 46.8 Å². The van der Waals surface area contributed by atoms with Gasteiger partial charge in [-0.1, -0.05) is 68.2 Å². The first-order valence-electron chi connectivity index (χ1n) is 8.01. The Hall–Kier alpha value is -2.30. The first-order valence-corrected chi connectivity index (χ1v) is 8.77. The third-order valence-electron chi connectivity index (χ3n) is 3.48. The highest BCUT2D eigenvalue weighted by Crippen LogP contribution is 2.22. The normalized spacial score (nSPS) is 11.8. The fraction of sp³-hybridized carbons (Fsp3) is 0.200. The molecule has 0 atom stereocenters. The number of benzene rings is 2. The number of anilines is 1. The van der Waals surface area contributed by atoms with Crippen LogP contribution in [0.3, 0.4) is 0 Å². The number of rotatable bonds is 4. The SMILES string of the molecule is CC(C)(C)C(=O)N/C(=C/c1ccc(Cl)cc1)C(=O)Nc1ccccc1Cl. The second-order valence-electron chi connectivity index (χ2n) is 6.75. The van der Waals surface area contributed by atoms with E-state index in [4.69, 9.17) is 23.2 Å². The predicted molar refractivity (Wildman–Crippen MR) is 107 cm³/mol. The van der Waals surface area contributed by atoms with Crippen LogP contribution in [0, 0.1) is 5.41 Å². The van der Waals surface area contributed by atoms with E-state index in [9.17, 15) is 9.59 Å². The Morgan fingerprint density at radius 1 is 0.962 bits per heavy atom. The van der Waals surface area contributed by atoms with E-state index in [1.807, 2.05) is 0 Å². The van der Waals surface area contributed by atoms with Crippen molar-refractivity contribution in [2.45, 2.75) is 20.8 Å². The number of para-hydroxylation sites is 1. The van der Waals surface area contributed by atoms with Gasteiger partial charge in [0.2, 0.25) is 5.91 Å². The second kappa shape index (κ2) is 8.39. The molecular weight excluding hydrogens is 371 g/mol. The van der Waals surface area contributed by atoms with Crippen LogP contribution in [0.2, 0.25) is 10.0 Å². The molecule has 0 spiro atoms. The van der Waals surface area contributed by atoms with Crippen molar-refractivity contribution in [1.29, 1.82) is 0 Å². The van der Waals surface area contributed by atoms with Gasteiger partial charge < -0.3 is 10.6 Å². The van der Waals surface area contributed by atoms with Crippen LogP contribution in [0.25, 0.3) is 6.08 Å². The van der Waals surface area contributed by atoms with E-state index in [1.165, 1.54) is 0 Å². The quantitative estimate of drug-likeness (QED) is 0.710. The molecule has 0 aliphatic carbocycles. The minimum absolute atomic E-state index is 0.118. The molecule has 2 aromatic rings. The average molecular weight is 391 g/mol. The Balaban J connectivity index is 2.33. The van der Waals surface area contributed by atoms with Crippen LogP contribution in [-0.2, 0) is 9.59 Å². The lowest BCUT2D eigenvalue weighted by Gasteiger charge is -2.19. The molecule has 2 aromatic carbocycles. The molecule has 0 aromatic heterocycles. The molecule has 0 aliphatic rings. The van der Waals surface area contributed by atoms with E-state index in [2.05, 4.69) is 10.6 Å². The Morgan fingerprint density at radius 2 is 1.58 bits per heavy atom. The number of hydrogen-bond donors (Lipinski definition) is 2. The summed E-state index contributed by atoms with van der Waals surface area (Å²) in [7, 11) is 0. The standard InChI is InChI=1S/C20H20Cl2N2O2/c1-20(2,3)19(26)24-17(12-13-8-10-14(21)11-9-13)18(25)23-16-7-5-4-6-15(16)22/h4-12H,1-3H3,(H,23,25)(H,24,26)/b17-12+. The molecule has 0 aliphatic heterocycles. The minimum Gasteiger partial charge on any atom is -0.321 e. The first-order chi connectivity index (χ1) is 12.2. The smallest absolute Gasteiger partial charge is 0.272 e. The van der Waals surface area contributed by atoms with Crippen LogP contribution in [0.5, 0.6) is 0 Å². The van der Waals surface area contributed by atoms with Gasteiger partial charge in [-0.25, -0.2) is 0 Å². The summed E-state index contributed by atoms with van der Waals surface area (Å²) in [5.74, 6) is -0.738. The van der Waals surface area contributed by atoms with Crippen molar-refractivity contribution in [3.05, 3.63) is 69.8 Å². The Bertz CT molecular complexity index is 838. The van der Waals surface area contributed by atoms with Gasteiger partial charge in [0.05, 0.1) is 10.7 Å². The molecule has 0 unspecified atom stereocenters. The molecule has 0 heterocycles. The van der Waals surface area contributed by atoms with Crippen molar-refractivity contribution in [3.8, 4) is 0 Å². The van der Waals surface area contributed by atoms with Crippen LogP contribution in [-0.4, -0.2) is 11.8 Å². The average Bonchev–Trinajstić information content (AvgIpc) is 2.57. The van der Waals surface area contributed by atoms with Gasteiger partial charge in [0.1, 0.15) is 5.70 Å². The van der Waals surface area contributed by atoms with Gasteiger partial charge >= 0.3 is 0 Å². The summed E-state index contributed by atoms with van der Waals surface area (Å²) in [6.45, 7) is 5.32. The van der Waals surface area contributed by atoms with Crippen molar-refractivity contribution in [3.63, 3.8) is 0 Å². The van der Waals surface area contributed by atoms with Crippen LogP contribution >= 0.6 is 23.2 Å². The molecule has 6 heteroatoms. The first kappa shape index (κ1) is 20.0. The van der Waals surface area contributed by atoms with Gasteiger partial charge in [-0.15, -0.1) is 0 Å². The van der Waals surface area contributed by atoms with Gasteiger partial charge in [0, 0.05) is 10.4 Å². The topological polar surface area (TPSA) is 58.2 Å². The lowest BCUT2D eigenvalue weighted by Crippen LogP contribution is -2.38. The number of carbonyl (C=O) groups is 2. The number of amides is 2. The van der Waals surface area contributed by atoms with Crippen LogP contribution in [0.4, 0.5) is 5.69 Å². The summed E-state index contributed by atoms with van der Waals surface area (Å²) in [6.07, 6.45) is 1.59. The third kappa shape index (κ3) is 5.61. The molecule has 2 rings (SSSR count). The number of halogens is 2. The van der Waals surface area contributed by atoms with Crippen LogP contribution < -0.4 is 10.6 Å².